The molecule has 29 heavy (non-hydrogen) atoms. The van der Waals surface area contributed by atoms with E-state index in [-0.39, 0.29) is 11.3 Å². The Morgan fingerprint density at radius 1 is 1.24 bits per heavy atom. The van der Waals surface area contributed by atoms with Crippen LogP contribution >= 0.6 is 0 Å². The average Bonchev–Trinajstić information content (AvgIpc) is 2.70. The molecule has 0 bridgehead atoms. The Morgan fingerprint density at radius 3 is 2.31 bits per heavy atom. The van der Waals surface area contributed by atoms with Crippen LogP contribution in [0.4, 0.5) is 19.1 Å². The Morgan fingerprint density at radius 2 is 1.83 bits per heavy atom. The highest BCUT2D eigenvalue weighted by Gasteiger charge is 2.55. The largest absolute Gasteiger partial charge is 0.490 e. The minimum atomic E-state index is -5.08. The van der Waals surface area contributed by atoms with Crippen LogP contribution in [0.3, 0.4) is 0 Å². The lowest BCUT2D eigenvalue weighted by Crippen LogP contribution is -2.67. The van der Waals surface area contributed by atoms with Gasteiger partial charge < -0.3 is 10.0 Å². The van der Waals surface area contributed by atoms with E-state index in [4.69, 9.17) is 9.90 Å². The van der Waals surface area contributed by atoms with E-state index in [9.17, 15) is 18.0 Å². The molecule has 0 radical (unpaired) electrons. The van der Waals surface area contributed by atoms with Gasteiger partial charge in [0, 0.05) is 32.0 Å². The van der Waals surface area contributed by atoms with Crippen molar-refractivity contribution in [3.8, 4) is 0 Å². The first-order chi connectivity index (χ1) is 13.6. The van der Waals surface area contributed by atoms with E-state index in [1.165, 1.54) is 12.8 Å². The number of amides is 1. The fourth-order valence-corrected chi connectivity index (χ4v) is 3.83. The van der Waals surface area contributed by atoms with E-state index < -0.39 is 12.1 Å². The maximum Gasteiger partial charge on any atom is 0.490 e. The number of carbonyl (C=O) groups excluding carboxylic acids is 1. The third-order valence-corrected chi connectivity index (χ3v) is 5.52. The number of alkyl halides is 3. The molecule has 3 heterocycles. The zero-order chi connectivity index (χ0) is 21.7. The molecule has 2 aliphatic heterocycles. The number of likely N-dealkylation sites (tertiary alicyclic amines) is 1. The molecular formula is C19H27F3N4O3. The van der Waals surface area contributed by atoms with Gasteiger partial charge in [0.15, 0.2) is 0 Å². The number of halogens is 3. The van der Waals surface area contributed by atoms with E-state index in [2.05, 4.69) is 28.7 Å². The third-order valence-electron chi connectivity index (χ3n) is 5.52. The molecule has 1 amide bonds. The van der Waals surface area contributed by atoms with E-state index >= 15 is 0 Å². The van der Waals surface area contributed by atoms with Gasteiger partial charge in [-0.3, -0.25) is 9.69 Å². The Bertz CT molecular complexity index is 698. The van der Waals surface area contributed by atoms with Crippen molar-refractivity contribution in [1.82, 2.24) is 14.9 Å². The van der Waals surface area contributed by atoms with Crippen molar-refractivity contribution >= 4 is 17.8 Å². The Kier molecular flexibility index (Phi) is 7.56. The minimum Gasteiger partial charge on any atom is -0.475 e. The van der Waals surface area contributed by atoms with Crippen molar-refractivity contribution in [2.45, 2.75) is 45.7 Å². The number of carbonyl (C=O) groups is 2. The smallest absolute Gasteiger partial charge is 0.475 e. The SMILES string of the molecule is CCC(CC)CN1CCCC2(C1)CN(c1ncccn1)C2=O.O=C(O)C(F)(F)F. The maximum atomic E-state index is 12.7. The molecule has 1 aromatic heterocycles. The Hall–Kier alpha value is -2.23. The van der Waals surface area contributed by atoms with Gasteiger partial charge in [-0.1, -0.05) is 26.7 Å². The summed E-state index contributed by atoms with van der Waals surface area (Å²) in [4.78, 5) is 34.3. The van der Waals surface area contributed by atoms with Crippen LogP contribution in [-0.2, 0) is 9.59 Å². The Balaban J connectivity index is 0.000000370. The van der Waals surface area contributed by atoms with Crippen LogP contribution in [0.5, 0.6) is 0 Å². The van der Waals surface area contributed by atoms with Gasteiger partial charge in [-0.2, -0.15) is 13.2 Å². The summed E-state index contributed by atoms with van der Waals surface area (Å²) in [7, 11) is 0. The molecule has 3 rings (SSSR count). The lowest BCUT2D eigenvalue weighted by molar-refractivity contribution is -0.192. The van der Waals surface area contributed by atoms with Gasteiger partial charge in [0.05, 0.1) is 5.41 Å². The second kappa shape index (κ2) is 9.51. The summed E-state index contributed by atoms with van der Waals surface area (Å²) >= 11 is 0. The summed E-state index contributed by atoms with van der Waals surface area (Å²) in [6, 6.07) is 1.78. The molecule has 2 saturated heterocycles. The highest BCUT2D eigenvalue weighted by Crippen LogP contribution is 2.41. The second-order valence-corrected chi connectivity index (χ2v) is 7.54. The van der Waals surface area contributed by atoms with Crippen LogP contribution < -0.4 is 4.90 Å². The van der Waals surface area contributed by atoms with Gasteiger partial charge in [0.25, 0.3) is 0 Å². The summed E-state index contributed by atoms with van der Waals surface area (Å²) in [5, 5.41) is 7.12. The number of β-lactam (4-membered cyclic amide) rings is 1. The zero-order valence-electron chi connectivity index (χ0n) is 16.7. The van der Waals surface area contributed by atoms with Gasteiger partial charge in [-0.05, 0) is 31.4 Å². The quantitative estimate of drug-likeness (QED) is 0.743. The summed E-state index contributed by atoms with van der Waals surface area (Å²) in [5.41, 5.74) is -0.177. The molecule has 1 atom stereocenters. The van der Waals surface area contributed by atoms with Crippen LogP contribution in [0.25, 0.3) is 0 Å². The number of rotatable bonds is 5. The van der Waals surface area contributed by atoms with Crippen molar-refractivity contribution in [1.29, 1.82) is 0 Å². The number of nitrogens with zero attached hydrogens (tertiary/aromatic N) is 4. The molecule has 2 aliphatic rings. The third kappa shape index (κ3) is 5.65. The summed E-state index contributed by atoms with van der Waals surface area (Å²) in [6.45, 7) is 8.46. The van der Waals surface area contributed by atoms with Crippen LogP contribution in [0, 0.1) is 11.3 Å². The molecule has 10 heteroatoms. The first-order valence-electron chi connectivity index (χ1n) is 9.74. The number of aliphatic carboxylic acids is 1. The number of carboxylic acid groups (broad SMARTS) is 1. The topological polar surface area (TPSA) is 86.6 Å². The Labute approximate surface area is 167 Å². The lowest BCUT2D eigenvalue weighted by Gasteiger charge is -2.52. The highest BCUT2D eigenvalue weighted by molar-refractivity contribution is 6.03. The van der Waals surface area contributed by atoms with Gasteiger partial charge >= 0.3 is 12.1 Å². The standard InChI is InChI=1S/C17H26N4O.C2HF3O2/c1-3-14(4-2)11-20-10-5-7-17(12-20)13-21(15(17)22)16-18-8-6-9-19-16;3-2(4,5)1(6)7/h6,8-9,14H,3-5,7,10-13H2,1-2H3;(H,6,7). The number of carboxylic acids is 1. The molecule has 0 saturated carbocycles. The van der Waals surface area contributed by atoms with Crippen LogP contribution in [-0.4, -0.2) is 64.2 Å². The number of hydrogen-bond acceptors (Lipinski definition) is 5. The molecule has 1 N–H and O–H groups in total. The van der Waals surface area contributed by atoms with Crippen molar-refractivity contribution in [2.24, 2.45) is 11.3 Å². The molecule has 0 aliphatic carbocycles. The first-order valence-corrected chi connectivity index (χ1v) is 9.74. The van der Waals surface area contributed by atoms with E-state index in [0.717, 1.165) is 44.9 Å². The molecule has 1 aromatic rings. The first kappa shape index (κ1) is 23.1. The van der Waals surface area contributed by atoms with Crippen molar-refractivity contribution in [3.63, 3.8) is 0 Å². The molecule has 1 spiro atoms. The fraction of sp³-hybridized carbons (Fsp3) is 0.684. The average molecular weight is 416 g/mol. The predicted molar refractivity (Wildman–Crippen MR) is 100 cm³/mol. The van der Waals surface area contributed by atoms with E-state index in [1.54, 1.807) is 23.4 Å². The number of anilines is 1. The highest BCUT2D eigenvalue weighted by atomic mass is 19.4. The van der Waals surface area contributed by atoms with Crippen LogP contribution in [0.2, 0.25) is 0 Å². The maximum absolute atomic E-state index is 12.7. The molecule has 2 fully saturated rings. The van der Waals surface area contributed by atoms with Gasteiger partial charge in [0.1, 0.15) is 0 Å². The van der Waals surface area contributed by atoms with Crippen molar-refractivity contribution in [3.05, 3.63) is 18.5 Å². The molecule has 0 aromatic carbocycles. The van der Waals surface area contributed by atoms with Crippen LogP contribution in [0.15, 0.2) is 18.5 Å². The van der Waals surface area contributed by atoms with Crippen LogP contribution in [0.1, 0.15) is 39.5 Å². The van der Waals surface area contributed by atoms with Crippen molar-refractivity contribution < 1.29 is 27.9 Å². The summed E-state index contributed by atoms with van der Waals surface area (Å²) < 4.78 is 31.7. The molecular weight excluding hydrogens is 389 g/mol. The number of hydrogen-bond donors (Lipinski definition) is 1. The van der Waals surface area contributed by atoms with Gasteiger partial charge in [-0.15, -0.1) is 0 Å². The van der Waals surface area contributed by atoms with Gasteiger partial charge in [0.2, 0.25) is 11.9 Å². The summed E-state index contributed by atoms with van der Waals surface area (Å²) in [5.74, 6) is -1.24. The monoisotopic (exact) mass is 416 g/mol. The zero-order valence-corrected chi connectivity index (χ0v) is 16.7. The second-order valence-electron chi connectivity index (χ2n) is 7.54. The molecule has 1 unspecified atom stereocenters. The normalized spacial score (nSPS) is 22.3. The minimum absolute atomic E-state index is 0.177. The molecule has 7 nitrogen and oxygen atoms in total. The fourth-order valence-electron chi connectivity index (χ4n) is 3.83. The molecule has 162 valence electrons. The van der Waals surface area contributed by atoms with E-state index in [0.29, 0.717) is 5.95 Å². The lowest BCUT2D eigenvalue weighted by atomic mass is 9.72. The number of aromatic nitrogens is 2. The van der Waals surface area contributed by atoms with E-state index in [1.807, 2.05) is 0 Å². The van der Waals surface area contributed by atoms with Gasteiger partial charge in [-0.25, -0.2) is 14.8 Å². The number of piperidine rings is 1. The summed E-state index contributed by atoms with van der Waals surface area (Å²) in [6.07, 6.45) is 2.88. The van der Waals surface area contributed by atoms with Crippen molar-refractivity contribution in [2.75, 3.05) is 31.1 Å². The predicted octanol–water partition coefficient (Wildman–Crippen LogP) is 2.97.